The van der Waals surface area contributed by atoms with Crippen molar-refractivity contribution in [2.45, 2.75) is 19.0 Å². The van der Waals surface area contributed by atoms with Gasteiger partial charge in [0.15, 0.2) is 5.78 Å². The first-order chi connectivity index (χ1) is 14.9. The van der Waals surface area contributed by atoms with Gasteiger partial charge in [0.2, 0.25) is 0 Å². The lowest BCUT2D eigenvalue weighted by atomic mass is 9.97. The number of halogens is 7. The molecular weight excluding hydrogens is 556 g/mol. The van der Waals surface area contributed by atoms with Crippen LogP contribution in [0.25, 0.3) is 6.08 Å². The lowest BCUT2D eigenvalue weighted by Gasteiger charge is -2.18. The third kappa shape index (κ3) is 7.13. The average molecular weight is 573 g/mol. The lowest BCUT2D eigenvalue weighted by Crippen LogP contribution is -2.38. The molecule has 2 amide bonds. The molecule has 2 aromatic rings. The van der Waals surface area contributed by atoms with Gasteiger partial charge in [-0.1, -0.05) is 69.0 Å². The molecule has 0 fully saturated rings. The lowest BCUT2D eigenvalue weighted by molar-refractivity contribution is -0.139. The smallest absolute Gasteiger partial charge is 0.338 e. The number of hydrogen-bond donors (Lipinski definition) is 2. The second-order valence-electron chi connectivity index (χ2n) is 6.55. The highest BCUT2D eigenvalue weighted by Crippen LogP contribution is 2.41. The largest absolute Gasteiger partial charge is 0.399 e. The van der Waals surface area contributed by atoms with Crippen LogP contribution in [0, 0.1) is 0 Å². The Labute approximate surface area is 206 Å². The van der Waals surface area contributed by atoms with Gasteiger partial charge < -0.3 is 10.6 Å². The zero-order chi connectivity index (χ0) is 24.1. The Hall–Kier alpha value is -1.74. The van der Waals surface area contributed by atoms with Gasteiger partial charge >= 0.3 is 12.2 Å². The van der Waals surface area contributed by atoms with Gasteiger partial charge in [-0.2, -0.15) is 13.2 Å². The minimum absolute atomic E-state index is 0.0205. The van der Waals surface area contributed by atoms with Crippen LogP contribution in [0.4, 0.5) is 18.0 Å². The van der Waals surface area contributed by atoms with E-state index in [2.05, 4.69) is 26.6 Å². The maximum atomic E-state index is 13.7. The Kier molecular flexibility index (Phi) is 9.45. The number of ketones is 1. The van der Waals surface area contributed by atoms with E-state index in [9.17, 15) is 22.8 Å². The number of carbonyl (C=O) groups is 2. The van der Waals surface area contributed by atoms with Crippen LogP contribution in [0.1, 0.15) is 34.3 Å². The summed E-state index contributed by atoms with van der Waals surface area (Å²) in [6.07, 6.45) is -2.36. The molecule has 0 heterocycles. The fourth-order valence-corrected chi connectivity index (χ4v) is 3.94. The van der Waals surface area contributed by atoms with Crippen LogP contribution < -0.4 is 10.6 Å². The monoisotopic (exact) mass is 570 g/mol. The molecule has 32 heavy (non-hydrogen) atoms. The number of carbonyl (C=O) groups excluding carboxylic acids is 2. The van der Waals surface area contributed by atoms with E-state index in [4.69, 9.17) is 34.8 Å². The maximum Gasteiger partial charge on any atom is 0.399 e. The van der Waals surface area contributed by atoms with Gasteiger partial charge in [-0.15, -0.1) is 0 Å². The first kappa shape index (κ1) is 26.5. The summed E-state index contributed by atoms with van der Waals surface area (Å²) in [7, 11) is 0. The van der Waals surface area contributed by atoms with Gasteiger partial charge in [0.1, 0.15) is 0 Å². The van der Waals surface area contributed by atoms with Crippen LogP contribution >= 0.6 is 50.7 Å². The van der Waals surface area contributed by atoms with Crippen LogP contribution in [-0.4, -0.2) is 31.1 Å². The van der Waals surface area contributed by atoms with Gasteiger partial charge in [0, 0.05) is 16.6 Å². The third-order valence-electron chi connectivity index (χ3n) is 4.24. The van der Waals surface area contributed by atoms with Crippen LogP contribution in [-0.2, 0) is 0 Å². The summed E-state index contributed by atoms with van der Waals surface area (Å²) in [5.74, 6) is -2.34. The van der Waals surface area contributed by atoms with E-state index < -0.39 is 18.1 Å². The fourth-order valence-electron chi connectivity index (χ4n) is 2.71. The number of urea groups is 1. The third-order valence-corrected chi connectivity index (χ3v) is 6.09. The van der Waals surface area contributed by atoms with Crippen molar-refractivity contribution < 1.29 is 22.8 Å². The second kappa shape index (κ2) is 11.4. The Bertz CT molecular complexity index is 1020. The van der Waals surface area contributed by atoms with Crippen molar-refractivity contribution >= 4 is 68.6 Å². The number of hydrogen-bond acceptors (Lipinski definition) is 2. The highest BCUT2D eigenvalue weighted by molar-refractivity contribution is 9.10. The molecule has 2 aromatic carbocycles. The zero-order valence-corrected chi connectivity index (χ0v) is 20.3. The number of benzene rings is 2. The molecule has 0 spiro atoms. The van der Waals surface area contributed by atoms with Crippen molar-refractivity contribution in [3.8, 4) is 0 Å². The molecule has 0 aliphatic heterocycles. The predicted molar refractivity (Wildman–Crippen MR) is 125 cm³/mol. The first-order valence-electron chi connectivity index (χ1n) is 9.17. The van der Waals surface area contributed by atoms with Gasteiger partial charge in [-0.25, -0.2) is 4.79 Å². The SMILES string of the molecule is CCNC(=O)NCC(=O)c1ccc(/C=C/C(c2cc(Cl)c(Cl)c(Cl)c2)C(F)(F)F)cc1Br. The molecule has 1 unspecified atom stereocenters. The molecule has 0 aliphatic carbocycles. The number of nitrogens with one attached hydrogen (secondary N) is 2. The summed E-state index contributed by atoms with van der Waals surface area (Å²) in [4.78, 5) is 23.7. The Morgan fingerprint density at radius 1 is 1.09 bits per heavy atom. The molecule has 0 aliphatic rings. The summed E-state index contributed by atoms with van der Waals surface area (Å²) >= 11 is 20.9. The van der Waals surface area contributed by atoms with E-state index in [0.29, 0.717) is 16.6 Å². The van der Waals surface area contributed by atoms with Crippen molar-refractivity contribution in [2.75, 3.05) is 13.1 Å². The van der Waals surface area contributed by atoms with Crippen LogP contribution in [0.5, 0.6) is 0 Å². The number of allylic oxidation sites excluding steroid dienone is 1. The molecule has 0 saturated carbocycles. The average Bonchev–Trinajstić information content (AvgIpc) is 2.69. The minimum atomic E-state index is -4.60. The molecule has 0 bridgehead atoms. The van der Waals surface area contributed by atoms with Gasteiger partial charge in [-0.3, -0.25) is 4.79 Å². The summed E-state index contributed by atoms with van der Waals surface area (Å²) in [5, 5.41) is 4.74. The van der Waals surface area contributed by atoms with Crippen LogP contribution in [0.2, 0.25) is 15.1 Å². The fraction of sp³-hybridized carbons (Fsp3) is 0.238. The van der Waals surface area contributed by atoms with E-state index in [-0.39, 0.29) is 38.5 Å². The van der Waals surface area contributed by atoms with Crippen LogP contribution in [0.15, 0.2) is 40.9 Å². The highest BCUT2D eigenvalue weighted by Gasteiger charge is 2.39. The first-order valence-corrected chi connectivity index (χ1v) is 11.1. The molecule has 0 aromatic heterocycles. The van der Waals surface area contributed by atoms with Crippen molar-refractivity contribution in [2.24, 2.45) is 0 Å². The molecule has 0 saturated heterocycles. The highest BCUT2D eigenvalue weighted by atomic mass is 79.9. The molecule has 4 nitrogen and oxygen atoms in total. The van der Waals surface area contributed by atoms with Crippen molar-refractivity contribution in [1.82, 2.24) is 10.6 Å². The second-order valence-corrected chi connectivity index (χ2v) is 8.60. The normalized spacial score (nSPS) is 12.6. The zero-order valence-electron chi connectivity index (χ0n) is 16.5. The van der Waals surface area contributed by atoms with E-state index in [1.807, 2.05) is 0 Å². The number of rotatable bonds is 7. The molecular formula is C21H17BrCl3F3N2O2. The quantitative estimate of drug-likeness (QED) is 0.271. The van der Waals surface area contributed by atoms with Gasteiger partial charge in [-0.05, 0) is 42.3 Å². The van der Waals surface area contributed by atoms with E-state index >= 15 is 0 Å². The van der Waals surface area contributed by atoms with Crippen molar-refractivity contribution in [3.63, 3.8) is 0 Å². The van der Waals surface area contributed by atoms with Crippen molar-refractivity contribution in [3.05, 3.63) is 72.6 Å². The Morgan fingerprint density at radius 2 is 1.72 bits per heavy atom. The Balaban J connectivity index is 2.24. The minimum Gasteiger partial charge on any atom is -0.338 e. The van der Waals surface area contributed by atoms with Crippen LogP contribution in [0.3, 0.4) is 0 Å². The molecule has 172 valence electrons. The molecule has 2 N–H and O–H groups in total. The summed E-state index contributed by atoms with van der Waals surface area (Å²) in [6, 6.07) is 6.23. The molecule has 1 atom stereocenters. The maximum absolute atomic E-state index is 13.7. The van der Waals surface area contributed by atoms with E-state index in [1.165, 1.54) is 24.3 Å². The van der Waals surface area contributed by atoms with E-state index in [1.54, 1.807) is 6.92 Å². The molecule has 11 heteroatoms. The van der Waals surface area contributed by atoms with E-state index in [0.717, 1.165) is 18.2 Å². The Morgan fingerprint density at radius 3 is 2.25 bits per heavy atom. The summed E-state index contributed by atoms with van der Waals surface area (Å²) < 4.78 is 41.4. The predicted octanol–water partition coefficient (Wildman–Crippen LogP) is 7.27. The summed E-state index contributed by atoms with van der Waals surface area (Å²) in [6.45, 7) is 1.93. The number of Topliss-reactive ketones (excluding diaryl/α,β-unsaturated/α-hetero) is 1. The molecule has 2 rings (SSSR count). The summed E-state index contributed by atoms with van der Waals surface area (Å²) in [5.41, 5.74) is 0.545. The van der Waals surface area contributed by atoms with Gasteiger partial charge in [0.05, 0.1) is 27.5 Å². The van der Waals surface area contributed by atoms with Gasteiger partial charge in [0.25, 0.3) is 0 Å². The number of alkyl halides is 3. The topological polar surface area (TPSA) is 58.2 Å². The number of amides is 2. The molecule has 0 radical (unpaired) electrons. The van der Waals surface area contributed by atoms with Crippen molar-refractivity contribution in [1.29, 1.82) is 0 Å². The standard InChI is InChI=1S/C21H17BrCl3F3N2O2/c1-2-29-20(32)30-10-18(31)13-5-3-11(7-15(13)22)4-6-14(21(26,27)28)12-8-16(23)19(25)17(24)9-12/h3-9,14H,2,10H2,1H3,(H2,29,30,32)/b6-4+.